The van der Waals surface area contributed by atoms with Crippen LogP contribution < -0.4 is 10.2 Å². The fourth-order valence-electron chi connectivity index (χ4n) is 2.80. The van der Waals surface area contributed by atoms with Crippen LogP contribution in [0, 0.1) is 0 Å². The summed E-state index contributed by atoms with van der Waals surface area (Å²) < 4.78 is 0. The van der Waals surface area contributed by atoms with Crippen LogP contribution in [0.15, 0.2) is 0 Å². The Labute approximate surface area is 127 Å². The molecule has 1 unspecified atom stereocenters. The van der Waals surface area contributed by atoms with E-state index in [4.69, 9.17) is 4.98 Å². The lowest BCUT2D eigenvalue weighted by molar-refractivity contribution is 0.337. The second kappa shape index (κ2) is 7.38. The Bertz CT molecular complexity index is 418. The van der Waals surface area contributed by atoms with Crippen LogP contribution in [0.3, 0.4) is 0 Å². The van der Waals surface area contributed by atoms with Gasteiger partial charge < -0.3 is 15.1 Å². The van der Waals surface area contributed by atoms with E-state index in [-0.39, 0.29) is 0 Å². The highest BCUT2D eigenvalue weighted by Gasteiger charge is 2.23. The van der Waals surface area contributed by atoms with Gasteiger partial charge in [0.05, 0.1) is 5.69 Å². The van der Waals surface area contributed by atoms with E-state index in [1.54, 1.807) is 0 Å². The second-order valence-corrected chi connectivity index (χ2v) is 6.72. The molecule has 1 aromatic rings. The van der Waals surface area contributed by atoms with Crippen LogP contribution in [0.5, 0.6) is 0 Å². The maximum Gasteiger partial charge on any atom is 0.186 e. The molecule has 1 N–H and O–H groups in total. The van der Waals surface area contributed by atoms with Gasteiger partial charge >= 0.3 is 0 Å². The van der Waals surface area contributed by atoms with Crippen LogP contribution in [0.2, 0.25) is 0 Å². The Kier molecular flexibility index (Phi) is 5.81. The van der Waals surface area contributed by atoms with Gasteiger partial charge in [-0.15, -0.1) is 11.3 Å². The maximum atomic E-state index is 4.91. The van der Waals surface area contributed by atoms with E-state index in [2.05, 4.69) is 42.9 Å². The number of hydrogen-bond donors (Lipinski definition) is 1. The number of likely N-dealkylation sites (N-methyl/N-ethyl adjacent to an activating group) is 1. The predicted octanol–water partition coefficient (Wildman–Crippen LogP) is 2.35. The van der Waals surface area contributed by atoms with E-state index in [1.165, 1.54) is 28.7 Å². The van der Waals surface area contributed by atoms with E-state index < -0.39 is 0 Å². The largest absolute Gasteiger partial charge is 0.344 e. The van der Waals surface area contributed by atoms with Crippen LogP contribution in [0.25, 0.3) is 0 Å². The molecule has 1 saturated heterocycles. The van der Waals surface area contributed by atoms with Gasteiger partial charge in [-0.2, -0.15) is 0 Å². The molecule has 1 atom stereocenters. The van der Waals surface area contributed by atoms with Crippen molar-refractivity contribution in [2.75, 3.05) is 38.1 Å². The molecule has 4 nitrogen and oxygen atoms in total. The van der Waals surface area contributed by atoms with Crippen molar-refractivity contribution < 1.29 is 0 Å². The Morgan fingerprint density at radius 3 is 2.85 bits per heavy atom. The van der Waals surface area contributed by atoms with Gasteiger partial charge in [-0.1, -0.05) is 13.8 Å². The molecular weight excluding hydrogens is 268 g/mol. The van der Waals surface area contributed by atoms with Crippen molar-refractivity contribution in [3.8, 4) is 0 Å². The lowest BCUT2D eigenvalue weighted by Crippen LogP contribution is -2.37. The van der Waals surface area contributed by atoms with E-state index in [1.807, 2.05) is 11.3 Å². The van der Waals surface area contributed by atoms with Crippen molar-refractivity contribution in [3.05, 3.63) is 10.6 Å². The topological polar surface area (TPSA) is 31.4 Å². The Morgan fingerprint density at radius 1 is 1.35 bits per heavy atom. The molecule has 2 heterocycles. The van der Waals surface area contributed by atoms with Gasteiger partial charge in [0.1, 0.15) is 0 Å². The van der Waals surface area contributed by atoms with Crippen molar-refractivity contribution in [3.63, 3.8) is 0 Å². The quantitative estimate of drug-likeness (QED) is 0.904. The number of aryl methyl sites for hydroxylation is 1. The number of aromatic nitrogens is 1. The summed E-state index contributed by atoms with van der Waals surface area (Å²) in [4.78, 5) is 11.3. The zero-order valence-corrected chi connectivity index (χ0v) is 14.1. The van der Waals surface area contributed by atoms with Gasteiger partial charge in [0, 0.05) is 30.6 Å². The highest BCUT2D eigenvalue weighted by molar-refractivity contribution is 7.15. The minimum absolute atomic E-state index is 0.547. The molecule has 114 valence electrons. The molecule has 0 aromatic carbocycles. The molecule has 1 fully saturated rings. The smallest absolute Gasteiger partial charge is 0.186 e. The Hall–Kier alpha value is -0.650. The van der Waals surface area contributed by atoms with Crippen molar-refractivity contribution in [1.82, 2.24) is 15.2 Å². The van der Waals surface area contributed by atoms with Crippen molar-refractivity contribution >= 4 is 16.5 Å². The zero-order chi connectivity index (χ0) is 14.5. The fourth-order valence-corrected chi connectivity index (χ4v) is 4.05. The third kappa shape index (κ3) is 3.71. The van der Waals surface area contributed by atoms with Gasteiger partial charge in [-0.3, -0.25) is 0 Å². The van der Waals surface area contributed by atoms with E-state index >= 15 is 0 Å². The minimum atomic E-state index is 0.547. The number of anilines is 1. The van der Waals surface area contributed by atoms with Crippen LogP contribution in [0.4, 0.5) is 5.13 Å². The molecule has 0 aliphatic carbocycles. The number of nitrogens with one attached hydrogen (secondary N) is 1. The summed E-state index contributed by atoms with van der Waals surface area (Å²) in [6.07, 6.45) is 2.25. The number of hydrogen-bond acceptors (Lipinski definition) is 5. The summed E-state index contributed by atoms with van der Waals surface area (Å²) in [5.74, 6) is 0. The van der Waals surface area contributed by atoms with E-state index in [0.717, 1.165) is 32.6 Å². The SMILES string of the molecule is CCNCc1sc(N2CCCN(C)CC2C)nc1CC. The first kappa shape index (κ1) is 15.7. The molecule has 1 aliphatic heterocycles. The van der Waals surface area contributed by atoms with Crippen LogP contribution in [-0.4, -0.2) is 49.2 Å². The monoisotopic (exact) mass is 296 g/mol. The average molecular weight is 296 g/mol. The molecule has 20 heavy (non-hydrogen) atoms. The fraction of sp³-hybridized carbons (Fsp3) is 0.800. The molecule has 1 aliphatic rings. The first-order valence-corrected chi connectivity index (χ1v) is 8.61. The molecule has 0 radical (unpaired) electrons. The highest BCUT2D eigenvalue weighted by atomic mass is 32.1. The molecule has 5 heteroatoms. The first-order valence-electron chi connectivity index (χ1n) is 7.80. The summed E-state index contributed by atoms with van der Waals surface area (Å²) in [7, 11) is 2.22. The van der Waals surface area contributed by atoms with Gasteiger partial charge in [-0.25, -0.2) is 4.98 Å². The summed E-state index contributed by atoms with van der Waals surface area (Å²) in [5.41, 5.74) is 1.27. The van der Waals surface area contributed by atoms with Crippen molar-refractivity contribution in [2.45, 2.75) is 46.2 Å². The first-order chi connectivity index (χ1) is 9.65. The predicted molar refractivity (Wildman–Crippen MR) is 87.8 cm³/mol. The average Bonchev–Trinajstić information content (AvgIpc) is 2.75. The number of thiazole rings is 1. The lowest BCUT2D eigenvalue weighted by atomic mass is 10.3. The van der Waals surface area contributed by atoms with Crippen LogP contribution in [0.1, 0.15) is 37.8 Å². The van der Waals surface area contributed by atoms with E-state index in [9.17, 15) is 0 Å². The van der Waals surface area contributed by atoms with Gasteiger partial charge in [0.25, 0.3) is 0 Å². The second-order valence-electron chi connectivity index (χ2n) is 5.66. The normalized spacial score (nSPS) is 21.2. The lowest BCUT2D eigenvalue weighted by Gasteiger charge is -2.27. The Morgan fingerprint density at radius 2 is 2.15 bits per heavy atom. The van der Waals surface area contributed by atoms with E-state index in [0.29, 0.717) is 6.04 Å². The molecule has 0 spiro atoms. The molecule has 0 bridgehead atoms. The highest BCUT2D eigenvalue weighted by Crippen LogP contribution is 2.29. The molecule has 0 saturated carbocycles. The summed E-state index contributed by atoms with van der Waals surface area (Å²) in [6.45, 7) is 12.1. The van der Waals surface area contributed by atoms with Crippen LogP contribution in [-0.2, 0) is 13.0 Å². The zero-order valence-electron chi connectivity index (χ0n) is 13.3. The number of nitrogens with zero attached hydrogens (tertiary/aromatic N) is 3. The van der Waals surface area contributed by atoms with Gasteiger partial charge in [0.2, 0.25) is 0 Å². The number of rotatable bonds is 5. The molecule has 2 rings (SSSR count). The van der Waals surface area contributed by atoms with Crippen LogP contribution >= 0.6 is 11.3 Å². The molecule has 0 amide bonds. The summed E-state index contributed by atoms with van der Waals surface area (Å²) >= 11 is 1.88. The standard InChI is InChI=1S/C15H28N4S/c1-5-13-14(10-16-6-2)20-15(17-13)19-9-7-8-18(4)11-12(19)3/h12,16H,5-11H2,1-4H3. The third-order valence-electron chi connectivity index (χ3n) is 3.93. The Balaban J connectivity index is 2.16. The van der Waals surface area contributed by atoms with Gasteiger partial charge in [0.15, 0.2) is 5.13 Å². The summed E-state index contributed by atoms with van der Waals surface area (Å²) in [6, 6.07) is 0.547. The third-order valence-corrected chi connectivity index (χ3v) is 5.06. The van der Waals surface area contributed by atoms with Crippen molar-refractivity contribution in [1.29, 1.82) is 0 Å². The molecular formula is C15H28N4S. The molecule has 1 aromatic heterocycles. The maximum absolute atomic E-state index is 4.91. The van der Waals surface area contributed by atoms with Crippen molar-refractivity contribution in [2.24, 2.45) is 0 Å². The van der Waals surface area contributed by atoms with Gasteiger partial charge in [-0.05, 0) is 39.9 Å². The summed E-state index contributed by atoms with van der Waals surface area (Å²) in [5, 5.41) is 4.65. The minimum Gasteiger partial charge on any atom is -0.344 e.